The van der Waals surface area contributed by atoms with Crippen molar-refractivity contribution in [3.05, 3.63) is 12.2 Å². The van der Waals surface area contributed by atoms with Gasteiger partial charge in [-0.1, -0.05) is 6.58 Å². The van der Waals surface area contributed by atoms with Gasteiger partial charge < -0.3 is 10.6 Å². The average Bonchev–Trinajstić information content (AvgIpc) is 1.77. The van der Waals surface area contributed by atoms with E-state index < -0.39 is 0 Å². The van der Waals surface area contributed by atoms with Crippen LogP contribution in [0.25, 0.3) is 0 Å². The molecule has 44 valence electrons. The molecule has 0 aromatic rings. The predicted octanol–water partition coefficient (Wildman–Crippen LogP) is 0.0203. The maximum absolute atomic E-state index is 4.80. The summed E-state index contributed by atoms with van der Waals surface area (Å²) in [7, 11) is 0. The third kappa shape index (κ3) is 1.20. The van der Waals surface area contributed by atoms with E-state index in [1.165, 1.54) is 0 Å². The van der Waals surface area contributed by atoms with Crippen LogP contribution in [-0.2, 0) is 0 Å². The molecule has 1 fully saturated rings. The Morgan fingerprint density at radius 3 is 2.25 bits per heavy atom. The van der Waals surface area contributed by atoms with Crippen LogP contribution in [0.3, 0.4) is 0 Å². The molecule has 2 N–H and O–H groups in total. The first-order chi connectivity index (χ1) is 3.79. The standard InChI is InChI=1S/C5H8N2S/c1-4-2-6-5(8)7-3-4/h1-3H2,(H2,6,7,8). The first-order valence-electron chi connectivity index (χ1n) is 2.47. The highest BCUT2D eigenvalue weighted by atomic mass is 32.1. The fraction of sp³-hybridized carbons (Fsp3) is 0.400. The molecular formula is C5H8N2S. The lowest BCUT2D eigenvalue weighted by molar-refractivity contribution is 0.814. The van der Waals surface area contributed by atoms with Crippen LogP contribution in [0.15, 0.2) is 12.2 Å². The lowest BCUT2D eigenvalue weighted by Gasteiger charge is -2.17. The molecule has 2 nitrogen and oxygen atoms in total. The van der Waals surface area contributed by atoms with Crippen LogP contribution in [0, 0.1) is 0 Å². The highest BCUT2D eigenvalue weighted by Gasteiger charge is 2.02. The van der Waals surface area contributed by atoms with Crippen LogP contribution in [0.5, 0.6) is 0 Å². The van der Waals surface area contributed by atoms with E-state index in [1.54, 1.807) is 0 Å². The van der Waals surface area contributed by atoms with Gasteiger partial charge in [0.15, 0.2) is 5.11 Å². The van der Waals surface area contributed by atoms with E-state index in [0.717, 1.165) is 23.8 Å². The summed E-state index contributed by atoms with van der Waals surface area (Å²) in [6.45, 7) is 5.41. The first-order valence-corrected chi connectivity index (χ1v) is 2.88. The summed E-state index contributed by atoms with van der Waals surface area (Å²) in [5, 5.41) is 6.64. The van der Waals surface area contributed by atoms with Crippen molar-refractivity contribution >= 4 is 17.3 Å². The molecule has 3 heteroatoms. The Bertz CT molecular complexity index is 102. The van der Waals surface area contributed by atoms with Crippen molar-refractivity contribution in [3.8, 4) is 0 Å². The van der Waals surface area contributed by atoms with Gasteiger partial charge >= 0.3 is 0 Å². The number of hydrogen-bond acceptors (Lipinski definition) is 1. The maximum Gasteiger partial charge on any atom is 0.166 e. The Kier molecular flexibility index (Phi) is 1.48. The third-order valence-corrected chi connectivity index (χ3v) is 1.29. The van der Waals surface area contributed by atoms with E-state index in [0.29, 0.717) is 0 Å². The van der Waals surface area contributed by atoms with Crippen LogP contribution >= 0.6 is 12.2 Å². The summed E-state index contributed by atoms with van der Waals surface area (Å²) in [4.78, 5) is 0. The molecule has 0 amide bonds. The lowest BCUT2D eigenvalue weighted by Crippen LogP contribution is -2.43. The van der Waals surface area contributed by atoms with Crippen molar-refractivity contribution < 1.29 is 0 Å². The summed E-state index contributed by atoms with van der Waals surface area (Å²) >= 11 is 4.80. The van der Waals surface area contributed by atoms with Crippen LogP contribution in [0.2, 0.25) is 0 Å². The van der Waals surface area contributed by atoms with Crippen LogP contribution in [0.1, 0.15) is 0 Å². The molecule has 0 aliphatic carbocycles. The van der Waals surface area contributed by atoms with E-state index in [9.17, 15) is 0 Å². The van der Waals surface area contributed by atoms with Gasteiger partial charge in [0.2, 0.25) is 0 Å². The van der Waals surface area contributed by atoms with Gasteiger partial charge in [-0.25, -0.2) is 0 Å². The topological polar surface area (TPSA) is 24.1 Å². The molecule has 0 atom stereocenters. The van der Waals surface area contributed by atoms with Gasteiger partial charge in [0, 0.05) is 13.1 Å². The van der Waals surface area contributed by atoms with Crippen molar-refractivity contribution in [1.82, 2.24) is 10.6 Å². The van der Waals surface area contributed by atoms with E-state index in [2.05, 4.69) is 17.2 Å². The Hall–Kier alpha value is -0.570. The number of rotatable bonds is 0. The SMILES string of the molecule is C=C1CNC(=S)NC1. The van der Waals surface area contributed by atoms with Crippen LogP contribution in [0.4, 0.5) is 0 Å². The lowest BCUT2D eigenvalue weighted by atomic mass is 10.3. The number of hydrogen-bond donors (Lipinski definition) is 2. The maximum atomic E-state index is 4.80. The monoisotopic (exact) mass is 128 g/mol. The quantitative estimate of drug-likeness (QED) is 0.355. The Balaban J connectivity index is 2.40. The van der Waals surface area contributed by atoms with Crippen molar-refractivity contribution in [2.75, 3.05) is 13.1 Å². The third-order valence-electron chi connectivity index (χ3n) is 0.998. The van der Waals surface area contributed by atoms with Crippen molar-refractivity contribution in [2.45, 2.75) is 0 Å². The molecular weight excluding hydrogens is 120 g/mol. The Labute approximate surface area is 54.0 Å². The van der Waals surface area contributed by atoms with Gasteiger partial charge in [-0.2, -0.15) is 0 Å². The number of nitrogens with one attached hydrogen (secondary N) is 2. The minimum Gasteiger partial charge on any atom is -0.359 e. The molecule has 8 heavy (non-hydrogen) atoms. The van der Waals surface area contributed by atoms with Gasteiger partial charge in [-0.15, -0.1) is 0 Å². The Morgan fingerprint density at radius 2 is 1.88 bits per heavy atom. The van der Waals surface area contributed by atoms with E-state index in [-0.39, 0.29) is 0 Å². The molecule has 0 unspecified atom stereocenters. The highest BCUT2D eigenvalue weighted by Crippen LogP contribution is 1.88. The zero-order chi connectivity index (χ0) is 5.98. The molecule has 0 spiro atoms. The molecule has 0 radical (unpaired) electrons. The van der Waals surface area contributed by atoms with Crippen molar-refractivity contribution in [3.63, 3.8) is 0 Å². The fourth-order valence-corrected chi connectivity index (χ4v) is 0.680. The average molecular weight is 128 g/mol. The largest absolute Gasteiger partial charge is 0.359 e. The van der Waals surface area contributed by atoms with Crippen molar-refractivity contribution in [2.24, 2.45) is 0 Å². The zero-order valence-electron chi connectivity index (χ0n) is 4.53. The summed E-state index contributed by atoms with van der Waals surface area (Å²) in [6, 6.07) is 0. The van der Waals surface area contributed by atoms with Crippen LogP contribution < -0.4 is 10.6 Å². The van der Waals surface area contributed by atoms with Gasteiger partial charge in [-0.05, 0) is 17.8 Å². The smallest absolute Gasteiger partial charge is 0.166 e. The summed E-state index contributed by atoms with van der Waals surface area (Å²) < 4.78 is 0. The summed E-state index contributed by atoms with van der Waals surface area (Å²) in [5.41, 5.74) is 1.15. The molecule has 0 bridgehead atoms. The summed E-state index contributed by atoms with van der Waals surface area (Å²) in [6.07, 6.45) is 0. The second kappa shape index (κ2) is 2.13. The predicted molar refractivity (Wildman–Crippen MR) is 37.7 cm³/mol. The molecule has 0 aromatic carbocycles. The molecule has 0 saturated carbocycles. The van der Waals surface area contributed by atoms with E-state index in [1.807, 2.05) is 0 Å². The zero-order valence-corrected chi connectivity index (χ0v) is 5.35. The second-order valence-corrected chi connectivity index (χ2v) is 2.19. The molecule has 1 heterocycles. The van der Waals surface area contributed by atoms with E-state index in [4.69, 9.17) is 12.2 Å². The van der Waals surface area contributed by atoms with Crippen molar-refractivity contribution in [1.29, 1.82) is 0 Å². The van der Waals surface area contributed by atoms with Gasteiger partial charge in [0.1, 0.15) is 0 Å². The molecule has 0 aromatic heterocycles. The number of thiocarbonyl (C=S) groups is 1. The van der Waals surface area contributed by atoms with Crippen LogP contribution in [-0.4, -0.2) is 18.2 Å². The normalized spacial score (nSPS) is 19.5. The van der Waals surface area contributed by atoms with Gasteiger partial charge in [0.05, 0.1) is 0 Å². The van der Waals surface area contributed by atoms with Gasteiger partial charge in [-0.3, -0.25) is 0 Å². The second-order valence-electron chi connectivity index (χ2n) is 1.79. The molecule has 1 aliphatic rings. The first kappa shape index (κ1) is 5.56. The Morgan fingerprint density at radius 1 is 1.38 bits per heavy atom. The molecule has 1 aliphatic heterocycles. The highest BCUT2D eigenvalue weighted by molar-refractivity contribution is 7.80. The minimum atomic E-state index is 0.734. The van der Waals surface area contributed by atoms with Gasteiger partial charge in [0.25, 0.3) is 0 Å². The van der Waals surface area contributed by atoms with E-state index >= 15 is 0 Å². The minimum absolute atomic E-state index is 0.734. The fourth-order valence-electron chi connectivity index (χ4n) is 0.536. The molecule has 1 rings (SSSR count). The summed E-state index contributed by atoms with van der Waals surface area (Å²) in [5.74, 6) is 0. The molecule has 1 saturated heterocycles.